The molecule has 0 atom stereocenters. The van der Waals surface area contributed by atoms with Crippen molar-refractivity contribution >= 4 is 29.3 Å². The molecule has 3 N–H and O–H groups in total. The second-order valence-corrected chi connectivity index (χ2v) is 5.79. The molecule has 1 aromatic carbocycles. The van der Waals surface area contributed by atoms with Crippen molar-refractivity contribution in [2.24, 2.45) is 0 Å². The van der Waals surface area contributed by atoms with Crippen LogP contribution in [0.4, 0.5) is 19.3 Å². The summed E-state index contributed by atoms with van der Waals surface area (Å²) in [7, 11) is 0. The third-order valence-electron chi connectivity index (χ3n) is 2.82. The Morgan fingerprint density at radius 3 is 2.61 bits per heavy atom. The number of carbonyl (C=O) groups is 2. The lowest BCUT2D eigenvalue weighted by atomic mass is 9.99. The Labute approximate surface area is 136 Å². The van der Waals surface area contributed by atoms with E-state index in [9.17, 15) is 18.4 Å². The van der Waals surface area contributed by atoms with Crippen LogP contribution in [0.25, 0.3) is 0 Å². The Hall–Kier alpha value is -2.09. The summed E-state index contributed by atoms with van der Waals surface area (Å²) in [6.45, 7) is 0.303. The van der Waals surface area contributed by atoms with Crippen molar-refractivity contribution < 1.29 is 28.2 Å². The largest absolute Gasteiger partial charge is 0.481 e. The molecule has 0 saturated carbocycles. The molecule has 9 heteroatoms. The minimum Gasteiger partial charge on any atom is -0.481 e. The standard InChI is InChI=1S/C14H17ClF2N2O4/c1-14(2,6-5-11(20)21)19-13(22)18-8-3-4-9(15)10(7-8)23-12(16)17/h3-4,7,12H,5-6H2,1-2H3,(H,20,21)(H2,18,19,22). The minimum atomic E-state index is -3.04. The van der Waals surface area contributed by atoms with Crippen LogP contribution in [0.3, 0.4) is 0 Å². The van der Waals surface area contributed by atoms with Crippen LogP contribution in [-0.2, 0) is 4.79 Å². The number of hydrogen-bond acceptors (Lipinski definition) is 3. The van der Waals surface area contributed by atoms with Gasteiger partial charge in [0.25, 0.3) is 0 Å². The van der Waals surface area contributed by atoms with Gasteiger partial charge in [-0.1, -0.05) is 11.6 Å². The van der Waals surface area contributed by atoms with Crippen LogP contribution >= 0.6 is 11.6 Å². The molecule has 1 aromatic rings. The monoisotopic (exact) mass is 350 g/mol. The predicted molar refractivity (Wildman–Crippen MR) is 81.2 cm³/mol. The topological polar surface area (TPSA) is 87.7 Å². The van der Waals surface area contributed by atoms with E-state index in [-0.39, 0.29) is 29.3 Å². The van der Waals surface area contributed by atoms with Gasteiger partial charge in [-0.05, 0) is 32.4 Å². The number of anilines is 1. The number of halogens is 3. The quantitative estimate of drug-likeness (QED) is 0.699. The maximum absolute atomic E-state index is 12.2. The molecule has 0 saturated heterocycles. The molecule has 1 rings (SSSR count). The Balaban J connectivity index is 2.68. The number of carbonyl (C=O) groups excluding carboxylic acids is 1. The Bertz CT molecular complexity index is 582. The lowest BCUT2D eigenvalue weighted by molar-refractivity contribution is -0.137. The maximum Gasteiger partial charge on any atom is 0.387 e. The van der Waals surface area contributed by atoms with Gasteiger partial charge in [-0.3, -0.25) is 4.79 Å². The number of hydrogen-bond donors (Lipinski definition) is 3. The number of rotatable bonds is 7. The molecule has 0 aliphatic heterocycles. The number of carboxylic acids is 1. The van der Waals surface area contributed by atoms with E-state index < -0.39 is 24.2 Å². The smallest absolute Gasteiger partial charge is 0.387 e. The van der Waals surface area contributed by atoms with Crippen molar-refractivity contribution in [1.82, 2.24) is 5.32 Å². The molecule has 6 nitrogen and oxygen atoms in total. The molecule has 128 valence electrons. The molecule has 0 aliphatic carbocycles. The van der Waals surface area contributed by atoms with Crippen LogP contribution in [-0.4, -0.2) is 29.3 Å². The third kappa shape index (κ3) is 7.14. The minimum absolute atomic E-state index is 0.0157. The molecule has 0 spiro atoms. The second kappa shape index (κ2) is 7.96. The SMILES string of the molecule is CC(C)(CCC(=O)O)NC(=O)Nc1ccc(Cl)c(OC(F)F)c1. The number of urea groups is 1. The Kier molecular flexibility index (Phi) is 6.56. The van der Waals surface area contributed by atoms with Crippen LogP contribution in [0.15, 0.2) is 18.2 Å². The van der Waals surface area contributed by atoms with Crippen molar-refractivity contribution in [3.8, 4) is 5.75 Å². The van der Waals surface area contributed by atoms with Crippen LogP contribution in [0.5, 0.6) is 5.75 Å². The van der Waals surface area contributed by atoms with Crippen LogP contribution in [0.2, 0.25) is 5.02 Å². The van der Waals surface area contributed by atoms with Gasteiger partial charge in [-0.25, -0.2) is 4.79 Å². The average Bonchev–Trinajstić information content (AvgIpc) is 2.39. The summed E-state index contributed by atoms with van der Waals surface area (Å²) in [5.74, 6) is -1.23. The summed E-state index contributed by atoms with van der Waals surface area (Å²) in [6.07, 6.45) is 0.136. The fourth-order valence-corrected chi connectivity index (χ4v) is 1.88. The zero-order chi connectivity index (χ0) is 17.6. The van der Waals surface area contributed by atoms with Gasteiger partial charge < -0.3 is 20.5 Å². The molecule has 0 radical (unpaired) electrons. The first-order valence-electron chi connectivity index (χ1n) is 6.64. The van der Waals surface area contributed by atoms with E-state index in [1.165, 1.54) is 18.2 Å². The van der Waals surface area contributed by atoms with Crippen LogP contribution in [0, 0.1) is 0 Å². The number of amides is 2. The van der Waals surface area contributed by atoms with Crippen molar-refractivity contribution in [2.75, 3.05) is 5.32 Å². The number of benzene rings is 1. The number of alkyl halides is 2. The van der Waals surface area contributed by atoms with Crippen LogP contribution < -0.4 is 15.4 Å². The van der Waals surface area contributed by atoms with Gasteiger partial charge in [0.15, 0.2) is 0 Å². The molecule has 2 amide bonds. The summed E-state index contributed by atoms with van der Waals surface area (Å²) in [6, 6.07) is 3.29. The first kappa shape index (κ1) is 19.0. The average molecular weight is 351 g/mol. The van der Waals surface area contributed by atoms with E-state index in [0.29, 0.717) is 0 Å². The summed E-state index contributed by atoms with van der Waals surface area (Å²) >= 11 is 5.71. The van der Waals surface area contributed by atoms with Gasteiger partial charge in [0.05, 0.1) is 5.02 Å². The zero-order valence-corrected chi connectivity index (χ0v) is 13.3. The lowest BCUT2D eigenvalue weighted by Gasteiger charge is -2.25. The van der Waals surface area contributed by atoms with E-state index in [0.717, 1.165) is 0 Å². The highest BCUT2D eigenvalue weighted by molar-refractivity contribution is 6.32. The van der Waals surface area contributed by atoms with Gasteiger partial charge in [0.1, 0.15) is 5.75 Å². The Morgan fingerprint density at radius 1 is 1.39 bits per heavy atom. The van der Waals surface area contributed by atoms with Gasteiger partial charge in [0.2, 0.25) is 0 Å². The molecule has 23 heavy (non-hydrogen) atoms. The van der Waals surface area contributed by atoms with Gasteiger partial charge in [-0.2, -0.15) is 8.78 Å². The maximum atomic E-state index is 12.2. The Morgan fingerprint density at radius 2 is 2.04 bits per heavy atom. The first-order valence-corrected chi connectivity index (χ1v) is 7.02. The summed E-state index contributed by atoms with van der Waals surface area (Å²) in [5, 5.41) is 13.7. The van der Waals surface area contributed by atoms with Crippen molar-refractivity contribution in [3.63, 3.8) is 0 Å². The number of carboxylic acid groups (broad SMARTS) is 1. The van der Waals surface area contributed by atoms with E-state index in [1.54, 1.807) is 13.8 Å². The lowest BCUT2D eigenvalue weighted by Crippen LogP contribution is -2.45. The molecular weight excluding hydrogens is 334 g/mol. The summed E-state index contributed by atoms with van der Waals surface area (Å²) < 4.78 is 28.7. The van der Waals surface area contributed by atoms with Crippen molar-refractivity contribution in [1.29, 1.82) is 0 Å². The number of ether oxygens (including phenoxy) is 1. The highest BCUT2D eigenvalue weighted by atomic mass is 35.5. The molecule has 0 bridgehead atoms. The molecule has 0 aromatic heterocycles. The normalized spacial score (nSPS) is 11.2. The fourth-order valence-electron chi connectivity index (χ4n) is 1.72. The number of aliphatic carboxylic acids is 1. The predicted octanol–water partition coefficient (Wildman–Crippen LogP) is 3.71. The first-order chi connectivity index (χ1) is 10.6. The van der Waals surface area contributed by atoms with E-state index >= 15 is 0 Å². The zero-order valence-electron chi connectivity index (χ0n) is 12.5. The van der Waals surface area contributed by atoms with Gasteiger partial charge in [-0.15, -0.1) is 0 Å². The van der Waals surface area contributed by atoms with E-state index in [1.807, 2.05) is 0 Å². The molecule has 0 aliphatic rings. The van der Waals surface area contributed by atoms with Crippen molar-refractivity contribution in [2.45, 2.75) is 38.8 Å². The van der Waals surface area contributed by atoms with Gasteiger partial charge >= 0.3 is 18.6 Å². The molecule has 0 fully saturated rings. The highest BCUT2D eigenvalue weighted by Crippen LogP contribution is 2.29. The molecule has 0 heterocycles. The highest BCUT2D eigenvalue weighted by Gasteiger charge is 2.21. The van der Waals surface area contributed by atoms with E-state index in [4.69, 9.17) is 16.7 Å². The van der Waals surface area contributed by atoms with Crippen LogP contribution in [0.1, 0.15) is 26.7 Å². The summed E-state index contributed by atoms with van der Waals surface area (Å²) in [5.41, 5.74) is -0.548. The second-order valence-electron chi connectivity index (χ2n) is 5.38. The number of nitrogens with one attached hydrogen (secondary N) is 2. The fraction of sp³-hybridized carbons (Fsp3) is 0.429. The van der Waals surface area contributed by atoms with Gasteiger partial charge in [0, 0.05) is 23.7 Å². The summed E-state index contributed by atoms with van der Waals surface area (Å²) in [4.78, 5) is 22.5. The van der Waals surface area contributed by atoms with Crippen molar-refractivity contribution in [3.05, 3.63) is 23.2 Å². The third-order valence-corrected chi connectivity index (χ3v) is 3.13. The van der Waals surface area contributed by atoms with E-state index in [2.05, 4.69) is 15.4 Å². The molecule has 0 unspecified atom stereocenters. The molecular formula is C14H17ClF2N2O4.